The third-order valence-electron chi connectivity index (χ3n) is 4.25. The summed E-state index contributed by atoms with van der Waals surface area (Å²) in [5.41, 5.74) is 2.33. The topological polar surface area (TPSA) is 88.5 Å². The molecule has 1 aliphatic rings. The number of hydrogen-bond donors (Lipinski definition) is 2. The van der Waals surface area contributed by atoms with Gasteiger partial charge in [-0.25, -0.2) is 24.9 Å². The van der Waals surface area contributed by atoms with Crippen LogP contribution in [0.15, 0.2) is 30.2 Å². The van der Waals surface area contributed by atoms with Crippen LogP contribution in [0.5, 0.6) is 0 Å². The minimum atomic E-state index is 0.609. The lowest BCUT2D eigenvalue weighted by atomic mass is 10.1. The quantitative estimate of drug-likeness (QED) is 0.562. The van der Waals surface area contributed by atoms with Crippen molar-refractivity contribution in [3.63, 3.8) is 0 Å². The Bertz CT molecular complexity index is 1060. The van der Waals surface area contributed by atoms with E-state index in [1.165, 1.54) is 10.4 Å². The largest absolute Gasteiger partial charge is 0.364 e. The van der Waals surface area contributed by atoms with Gasteiger partial charge in [-0.1, -0.05) is 0 Å². The Kier molecular flexibility index (Phi) is 4.04. The van der Waals surface area contributed by atoms with Crippen LogP contribution in [0.1, 0.15) is 16.1 Å². The van der Waals surface area contributed by atoms with Gasteiger partial charge in [0.25, 0.3) is 0 Å². The van der Waals surface area contributed by atoms with E-state index in [4.69, 9.17) is 0 Å². The van der Waals surface area contributed by atoms with E-state index >= 15 is 0 Å². The third-order valence-corrected chi connectivity index (χ3v) is 6.28. The normalized spacial score (nSPS) is 13.7. The number of rotatable bonds is 4. The van der Waals surface area contributed by atoms with Gasteiger partial charge in [-0.2, -0.15) is 0 Å². The maximum absolute atomic E-state index is 4.63. The van der Waals surface area contributed by atoms with Gasteiger partial charge in [0.2, 0.25) is 0 Å². The van der Waals surface area contributed by atoms with Crippen molar-refractivity contribution in [1.29, 1.82) is 0 Å². The van der Waals surface area contributed by atoms with Crippen molar-refractivity contribution in [2.75, 3.05) is 11.9 Å². The number of hydrogen-bond acceptors (Lipinski definition) is 9. The third kappa shape index (κ3) is 2.83. The molecular weight excluding hydrogens is 366 g/mol. The first-order chi connectivity index (χ1) is 12.9. The molecule has 0 bridgehead atoms. The number of anilines is 1. The molecule has 0 fully saturated rings. The molecule has 0 saturated carbocycles. The first-order valence-electron chi connectivity index (χ1n) is 8.30. The molecule has 26 heavy (non-hydrogen) atoms. The molecule has 130 valence electrons. The Hall–Kier alpha value is -2.49. The Balaban J connectivity index is 1.41. The van der Waals surface area contributed by atoms with E-state index in [-0.39, 0.29) is 0 Å². The van der Waals surface area contributed by atoms with E-state index in [1.807, 2.05) is 5.38 Å². The number of fused-ring (bicyclic) bond motifs is 3. The first kappa shape index (κ1) is 15.7. The number of nitrogens with zero attached hydrogens (tertiary/aromatic N) is 5. The van der Waals surface area contributed by atoms with Gasteiger partial charge in [0.1, 0.15) is 17.0 Å². The molecular formula is C17H15N7S2. The molecule has 0 atom stereocenters. The van der Waals surface area contributed by atoms with E-state index in [9.17, 15) is 0 Å². The molecule has 0 spiro atoms. The molecule has 0 aromatic carbocycles. The molecule has 1 aliphatic heterocycles. The lowest BCUT2D eigenvalue weighted by molar-refractivity contribution is 0.657. The summed E-state index contributed by atoms with van der Waals surface area (Å²) < 4.78 is 0. The van der Waals surface area contributed by atoms with Crippen LogP contribution in [-0.4, -0.2) is 31.5 Å². The minimum absolute atomic E-state index is 0.609. The van der Waals surface area contributed by atoms with Gasteiger partial charge in [0.15, 0.2) is 10.8 Å². The highest BCUT2D eigenvalue weighted by Gasteiger charge is 2.19. The van der Waals surface area contributed by atoms with Crippen LogP contribution < -0.4 is 10.6 Å². The van der Waals surface area contributed by atoms with E-state index in [0.29, 0.717) is 12.4 Å². The second-order valence-corrected chi connectivity index (χ2v) is 7.84. The van der Waals surface area contributed by atoms with Gasteiger partial charge in [-0.05, 0) is 24.6 Å². The number of nitrogens with one attached hydrogen (secondary N) is 2. The summed E-state index contributed by atoms with van der Waals surface area (Å²) in [6, 6.07) is 1.80. The molecule has 5 rings (SSSR count). The number of aromatic nitrogens is 5. The second-order valence-electron chi connectivity index (χ2n) is 5.90. The summed E-state index contributed by atoms with van der Waals surface area (Å²) in [5.74, 6) is 1.55. The second kappa shape index (κ2) is 6.67. The zero-order valence-corrected chi connectivity index (χ0v) is 15.4. The average molecular weight is 381 g/mol. The van der Waals surface area contributed by atoms with E-state index in [1.54, 1.807) is 47.5 Å². The van der Waals surface area contributed by atoms with Crippen LogP contribution in [-0.2, 0) is 19.5 Å². The highest BCUT2D eigenvalue weighted by Crippen LogP contribution is 2.35. The fourth-order valence-corrected chi connectivity index (χ4v) is 4.99. The average Bonchev–Trinajstić information content (AvgIpc) is 3.32. The van der Waals surface area contributed by atoms with Gasteiger partial charge in [0, 0.05) is 29.2 Å². The van der Waals surface area contributed by atoms with Crippen molar-refractivity contribution in [2.24, 2.45) is 0 Å². The predicted octanol–water partition coefficient (Wildman–Crippen LogP) is 2.86. The summed E-state index contributed by atoms with van der Waals surface area (Å²) >= 11 is 3.30. The molecule has 9 heteroatoms. The van der Waals surface area contributed by atoms with Crippen molar-refractivity contribution in [3.05, 3.63) is 46.3 Å². The van der Waals surface area contributed by atoms with Crippen LogP contribution in [0, 0.1) is 0 Å². The monoisotopic (exact) mass is 381 g/mol. The van der Waals surface area contributed by atoms with Crippen LogP contribution >= 0.6 is 22.7 Å². The molecule has 7 nitrogen and oxygen atoms in total. The summed E-state index contributed by atoms with van der Waals surface area (Å²) in [5, 5.41) is 10.9. The Labute approximate surface area is 157 Å². The van der Waals surface area contributed by atoms with Gasteiger partial charge < -0.3 is 10.6 Å². The summed E-state index contributed by atoms with van der Waals surface area (Å²) in [4.78, 5) is 24.5. The summed E-state index contributed by atoms with van der Waals surface area (Å²) in [7, 11) is 0. The van der Waals surface area contributed by atoms with Gasteiger partial charge in [-0.3, -0.25) is 0 Å². The number of thiazole rings is 1. The van der Waals surface area contributed by atoms with Crippen molar-refractivity contribution in [2.45, 2.75) is 19.5 Å². The Morgan fingerprint density at radius 2 is 2.08 bits per heavy atom. The predicted molar refractivity (Wildman–Crippen MR) is 103 cm³/mol. The Morgan fingerprint density at radius 1 is 1.15 bits per heavy atom. The molecule has 4 aromatic rings. The molecule has 4 aromatic heterocycles. The van der Waals surface area contributed by atoms with E-state index in [0.717, 1.165) is 46.2 Å². The van der Waals surface area contributed by atoms with Crippen molar-refractivity contribution in [1.82, 2.24) is 30.2 Å². The highest BCUT2D eigenvalue weighted by atomic mass is 32.1. The Morgan fingerprint density at radius 3 is 3.00 bits per heavy atom. The molecule has 0 unspecified atom stereocenters. The molecule has 5 heterocycles. The fourth-order valence-electron chi connectivity index (χ4n) is 3.07. The van der Waals surface area contributed by atoms with Crippen LogP contribution in [0.2, 0.25) is 0 Å². The van der Waals surface area contributed by atoms with E-state index in [2.05, 4.69) is 35.6 Å². The fraction of sp³-hybridized carbons (Fsp3) is 0.235. The maximum Gasteiger partial charge on any atom is 0.188 e. The minimum Gasteiger partial charge on any atom is -0.364 e. The van der Waals surface area contributed by atoms with E-state index < -0.39 is 0 Å². The first-order valence-corrected chi connectivity index (χ1v) is 10.00. The van der Waals surface area contributed by atoms with Crippen LogP contribution in [0.4, 0.5) is 5.82 Å². The zero-order valence-electron chi connectivity index (χ0n) is 13.8. The lowest BCUT2D eigenvalue weighted by Gasteiger charge is -2.13. The number of thiophene rings is 1. The van der Waals surface area contributed by atoms with Crippen LogP contribution in [0.25, 0.3) is 21.0 Å². The maximum atomic E-state index is 4.63. The van der Waals surface area contributed by atoms with Crippen molar-refractivity contribution >= 4 is 38.7 Å². The standard InChI is InChI=1S/C17H15N7S2/c1-3-19-15(20-4-1)17-24-10(8-25-17)6-21-14-13-11-2-5-18-7-12(11)26-16(13)23-9-22-14/h1,3-4,8-9,18H,2,5-7H2,(H,21,22,23). The van der Waals surface area contributed by atoms with Crippen molar-refractivity contribution < 1.29 is 0 Å². The van der Waals surface area contributed by atoms with Crippen LogP contribution in [0.3, 0.4) is 0 Å². The molecule has 2 N–H and O–H groups in total. The molecule has 0 radical (unpaired) electrons. The summed E-state index contributed by atoms with van der Waals surface area (Å²) in [6.45, 7) is 2.53. The van der Waals surface area contributed by atoms with Gasteiger partial charge in [-0.15, -0.1) is 22.7 Å². The van der Waals surface area contributed by atoms with Crippen molar-refractivity contribution in [3.8, 4) is 10.8 Å². The zero-order chi connectivity index (χ0) is 17.3. The summed E-state index contributed by atoms with van der Waals surface area (Å²) in [6.07, 6.45) is 6.11. The SMILES string of the molecule is c1cnc(-c2nc(CNc3ncnc4sc5c(c34)CCNC5)cs2)nc1. The molecule has 0 saturated heterocycles. The molecule has 0 amide bonds. The van der Waals surface area contributed by atoms with Gasteiger partial charge in [0.05, 0.1) is 17.6 Å². The smallest absolute Gasteiger partial charge is 0.188 e. The highest BCUT2D eigenvalue weighted by molar-refractivity contribution is 7.19. The van der Waals surface area contributed by atoms with Gasteiger partial charge >= 0.3 is 0 Å². The molecule has 0 aliphatic carbocycles. The lowest BCUT2D eigenvalue weighted by Crippen LogP contribution is -2.22.